The lowest BCUT2D eigenvalue weighted by molar-refractivity contribution is -0.126. The molecule has 0 bridgehead atoms. The summed E-state index contributed by atoms with van der Waals surface area (Å²) in [5, 5.41) is 29.4. The van der Waals surface area contributed by atoms with E-state index in [0.29, 0.717) is 0 Å². The van der Waals surface area contributed by atoms with Crippen LogP contribution in [-0.4, -0.2) is 59.3 Å². The van der Waals surface area contributed by atoms with Crippen LogP contribution in [0.5, 0.6) is 0 Å². The van der Waals surface area contributed by atoms with Gasteiger partial charge in [0, 0.05) is 13.1 Å². The normalized spacial score (nSPS) is 13.8. The van der Waals surface area contributed by atoms with E-state index in [1.165, 1.54) is 0 Å². The number of hydrogen-bond acceptors (Lipinski definition) is 5. The number of rotatable bonds is 18. The predicted molar refractivity (Wildman–Crippen MR) is 211 cm³/mol. The summed E-state index contributed by atoms with van der Waals surface area (Å²) in [6.45, 7) is 7.90. The maximum atomic E-state index is 14.0. The molecule has 4 atom stereocenters. The molecule has 4 aromatic carbocycles. The second kappa shape index (κ2) is 21.1. The van der Waals surface area contributed by atoms with Crippen LogP contribution >= 0.6 is 0 Å². The van der Waals surface area contributed by atoms with Gasteiger partial charge in [0.2, 0.25) is 11.8 Å². The zero-order valence-corrected chi connectivity index (χ0v) is 31.5. The molecule has 0 fully saturated rings. The Morgan fingerprint density at radius 3 is 1.06 bits per heavy atom. The Morgan fingerprint density at radius 2 is 0.759 bits per heavy atom. The van der Waals surface area contributed by atoms with Gasteiger partial charge in [-0.2, -0.15) is 0 Å². The largest absolute Gasteiger partial charge is 0.389 e. The van der Waals surface area contributed by atoms with Gasteiger partial charge in [0.05, 0.1) is 18.2 Å². The monoisotopic (exact) mass is 734 g/mol. The van der Waals surface area contributed by atoms with E-state index in [2.05, 4.69) is 31.9 Å². The van der Waals surface area contributed by atoms with Gasteiger partial charge in [-0.15, -0.1) is 0 Å². The molecular weight excluding hydrogens is 681 g/mol. The molecule has 0 heterocycles. The maximum absolute atomic E-state index is 14.0. The molecular formula is C43H54N6O5. The number of amides is 6. The summed E-state index contributed by atoms with van der Waals surface area (Å²) in [6.07, 6.45) is -0.792. The van der Waals surface area contributed by atoms with Crippen molar-refractivity contribution in [3.63, 3.8) is 0 Å². The summed E-state index contributed by atoms with van der Waals surface area (Å²) in [5.74, 6) is -1.51. The molecule has 4 rings (SSSR count). The molecule has 0 aromatic heterocycles. The smallest absolute Gasteiger partial charge is 0.315 e. The summed E-state index contributed by atoms with van der Waals surface area (Å²) in [5.41, 5.74) is 3.55. The van der Waals surface area contributed by atoms with Gasteiger partial charge in [0.25, 0.3) is 0 Å². The Kier molecular flexibility index (Phi) is 16.1. The number of benzene rings is 4. The highest BCUT2D eigenvalue weighted by molar-refractivity contribution is 5.88. The van der Waals surface area contributed by atoms with Crippen molar-refractivity contribution in [2.75, 3.05) is 0 Å². The average Bonchev–Trinajstić information content (AvgIpc) is 3.17. The molecule has 0 aliphatic heterocycles. The van der Waals surface area contributed by atoms with Gasteiger partial charge in [-0.25, -0.2) is 9.59 Å². The standard InChI is InChI=1S/C43H54N6O5/c1-29(2)37(48-42(53)44-27-33-21-13-7-14-22-33)40(51)46-35(25-31-17-9-5-10-18-31)39(50)36(26-32-19-11-6-12-20-32)47-41(52)38(30(3)4)49-43(54)45-28-34-23-15-8-16-24-34/h5-24,29-30,35-39,50H,25-28H2,1-4H3,(H,46,51)(H,47,52)(H2,44,48,53)(H2,45,49,54)/t35?,36?,37-,38-,39?/m0/s1. The van der Waals surface area contributed by atoms with Crippen molar-refractivity contribution in [2.24, 2.45) is 11.8 Å². The van der Waals surface area contributed by atoms with Crippen LogP contribution in [0, 0.1) is 11.8 Å². The van der Waals surface area contributed by atoms with Crippen molar-refractivity contribution in [1.29, 1.82) is 0 Å². The fourth-order valence-electron chi connectivity index (χ4n) is 6.09. The van der Waals surface area contributed by atoms with Crippen LogP contribution in [0.25, 0.3) is 0 Å². The van der Waals surface area contributed by atoms with Crippen LogP contribution < -0.4 is 31.9 Å². The van der Waals surface area contributed by atoms with E-state index in [9.17, 15) is 24.3 Å². The molecule has 0 aliphatic rings. The molecule has 0 radical (unpaired) electrons. The third-order valence-electron chi connectivity index (χ3n) is 9.14. The van der Waals surface area contributed by atoms with Gasteiger partial charge in [0.1, 0.15) is 12.1 Å². The first-order chi connectivity index (χ1) is 26.0. The number of aliphatic hydroxyl groups is 1. The molecule has 2 unspecified atom stereocenters. The van der Waals surface area contributed by atoms with Crippen LogP contribution in [0.2, 0.25) is 0 Å². The fraction of sp³-hybridized carbons (Fsp3) is 0.349. The van der Waals surface area contributed by atoms with Crippen molar-refractivity contribution >= 4 is 23.9 Å². The minimum Gasteiger partial charge on any atom is -0.389 e. The lowest BCUT2D eigenvalue weighted by Gasteiger charge is -2.34. The first-order valence-electron chi connectivity index (χ1n) is 18.5. The third kappa shape index (κ3) is 13.4. The van der Waals surface area contributed by atoms with Gasteiger partial charge in [-0.3, -0.25) is 9.59 Å². The molecule has 0 aliphatic carbocycles. The zero-order valence-electron chi connectivity index (χ0n) is 31.5. The first kappa shape index (κ1) is 41.1. The Balaban J connectivity index is 1.54. The predicted octanol–water partition coefficient (Wildman–Crippen LogP) is 4.85. The minimum atomic E-state index is -1.28. The second-order valence-electron chi connectivity index (χ2n) is 14.2. The van der Waals surface area contributed by atoms with Gasteiger partial charge in [-0.1, -0.05) is 149 Å². The minimum absolute atomic E-state index is 0.244. The first-order valence-corrected chi connectivity index (χ1v) is 18.5. The summed E-state index contributed by atoms with van der Waals surface area (Å²) >= 11 is 0. The molecule has 54 heavy (non-hydrogen) atoms. The molecule has 7 N–H and O–H groups in total. The molecule has 11 heteroatoms. The van der Waals surface area contributed by atoms with Gasteiger partial charge in [0.15, 0.2) is 0 Å². The van der Waals surface area contributed by atoms with E-state index in [-0.39, 0.29) is 37.8 Å². The fourth-order valence-corrected chi connectivity index (χ4v) is 6.09. The van der Waals surface area contributed by atoms with Crippen molar-refractivity contribution in [3.8, 4) is 0 Å². The lowest BCUT2D eigenvalue weighted by Crippen LogP contribution is -2.62. The molecule has 6 amide bonds. The zero-order chi connectivity index (χ0) is 38.9. The summed E-state index contributed by atoms with van der Waals surface area (Å²) in [7, 11) is 0. The van der Waals surface area contributed by atoms with E-state index in [1.807, 2.05) is 149 Å². The number of aliphatic hydroxyl groups excluding tert-OH is 1. The SMILES string of the molecule is CC(C)[C@H](NC(=O)NCc1ccccc1)C(=O)NC(Cc1ccccc1)C(O)C(Cc1ccccc1)NC(=O)[C@@H](NC(=O)NCc1ccccc1)C(C)C. The number of urea groups is 2. The quantitative estimate of drug-likeness (QED) is 0.0778. The van der Waals surface area contributed by atoms with Crippen LogP contribution in [0.4, 0.5) is 9.59 Å². The van der Waals surface area contributed by atoms with E-state index in [0.717, 1.165) is 22.3 Å². The lowest BCUT2D eigenvalue weighted by atomic mass is 9.91. The van der Waals surface area contributed by atoms with E-state index < -0.39 is 54.1 Å². The highest BCUT2D eigenvalue weighted by atomic mass is 16.3. The Bertz CT molecular complexity index is 1610. The molecule has 11 nitrogen and oxygen atoms in total. The van der Waals surface area contributed by atoms with Crippen LogP contribution in [0.1, 0.15) is 49.9 Å². The molecule has 0 saturated carbocycles. The van der Waals surface area contributed by atoms with Crippen molar-refractivity contribution in [3.05, 3.63) is 144 Å². The van der Waals surface area contributed by atoms with Crippen LogP contribution in [-0.2, 0) is 35.5 Å². The van der Waals surface area contributed by atoms with Gasteiger partial charge in [-0.05, 0) is 46.9 Å². The summed E-state index contributed by atoms with van der Waals surface area (Å²) < 4.78 is 0. The third-order valence-corrected chi connectivity index (χ3v) is 9.14. The number of nitrogens with one attached hydrogen (secondary N) is 6. The van der Waals surface area contributed by atoms with E-state index in [1.54, 1.807) is 0 Å². The van der Waals surface area contributed by atoms with Crippen molar-refractivity contribution in [2.45, 2.75) is 83.9 Å². The molecule has 0 spiro atoms. The Labute approximate surface area is 318 Å². The molecule has 4 aromatic rings. The van der Waals surface area contributed by atoms with Crippen molar-refractivity contribution < 1.29 is 24.3 Å². The molecule has 286 valence electrons. The number of carbonyl (C=O) groups excluding carboxylic acids is 4. The van der Waals surface area contributed by atoms with Gasteiger partial charge >= 0.3 is 12.1 Å². The maximum Gasteiger partial charge on any atom is 0.315 e. The number of hydrogen-bond donors (Lipinski definition) is 7. The Morgan fingerprint density at radius 1 is 0.463 bits per heavy atom. The topological polar surface area (TPSA) is 161 Å². The summed E-state index contributed by atoms with van der Waals surface area (Å²) in [4.78, 5) is 53.9. The molecule has 0 saturated heterocycles. The highest BCUT2D eigenvalue weighted by Gasteiger charge is 2.35. The Hall–Kier alpha value is -5.68. The number of carbonyl (C=O) groups is 4. The summed E-state index contributed by atoms with van der Waals surface area (Å²) in [6, 6.07) is 33.2. The van der Waals surface area contributed by atoms with Crippen LogP contribution in [0.3, 0.4) is 0 Å². The van der Waals surface area contributed by atoms with E-state index in [4.69, 9.17) is 0 Å². The van der Waals surface area contributed by atoms with Gasteiger partial charge < -0.3 is 37.0 Å². The average molecular weight is 735 g/mol. The second-order valence-corrected chi connectivity index (χ2v) is 14.2. The van der Waals surface area contributed by atoms with Crippen LogP contribution in [0.15, 0.2) is 121 Å². The van der Waals surface area contributed by atoms with Crippen molar-refractivity contribution in [1.82, 2.24) is 31.9 Å². The highest BCUT2D eigenvalue weighted by Crippen LogP contribution is 2.16. The van der Waals surface area contributed by atoms with E-state index >= 15 is 0 Å².